The van der Waals surface area contributed by atoms with E-state index in [0.717, 1.165) is 22.3 Å². The summed E-state index contributed by atoms with van der Waals surface area (Å²) in [7, 11) is -4.98. The van der Waals surface area contributed by atoms with Crippen molar-refractivity contribution >= 4 is 41.1 Å². The van der Waals surface area contributed by atoms with Crippen LogP contribution in [0.15, 0.2) is 0 Å². The molecule has 0 aliphatic rings. The van der Waals surface area contributed by atoms with Crippen LogP contribution in [0.25, 0.3) is 0 Å². The highest BCUT2D eigenvalue weighted by molar-refractivity contribution is 8.00. The van der Waals surface area contributed by atoms with Crippen LogP contribution in [0.5, 0.6) is 0 Å². The molecule has 0 unspecified atom stereocenters. The van der Waals surface area contributed by atoms with Crippen LogP contribution in [0.2, 0.25) is 0 Å². The number of rotatable bonds is 23. The van der Waals surface area contributed by atoms with Gasteiger partial charge in [0.25, 0.3) is 0 Å². The summed E-state index contributed by atoms with van der Waals surface area (Å²) >= 11 is 3.81. The second-order valence-corrected chi connectivity index (χ2v) is 14.9. The Labute approximate surface area is 196 Å². The monoisotopic (exact) mass is 502 g/mol. The van der Waals surface area contributed by atoms with Gasteiger partial charge in [0.2, 0.25) is 0 Å². The Bertz CT molecular complexity index is 315. The van der Waals surface area contributed by atoms with E-state index in [9.17, 15) is 0 Å². The fourth-order valence-corrected chi connectivity index (χ4v) is 12.1. The van der Waals surface area contributed by atoms with Crippen LogP contribution in [-0.2, 0) is 26.6 Å². The van der Waals surface area contributed by atoms with E-state index in [1.807, 2.05) is 65.1 Å². The van der Waals surface area contributed by atoms with E-state index in [4.69, 9.17) is 26.6 Å². The summed E-state index contributed by atoms with van der Waals surface area (Å²) in [5.41, 5.74) is 0. The van der Waals surface area contributed by atoms with Crippen LogP contribution < -0.4 is 0 Å². The van der Waals surface area contributed by atoms with Gasteiger partial charge in [-0.2, -0.15) is 23.5 Å². The van der Waals surface area contributed by atoms with Gasteiger partial charge in [0.15, 0.2) is 0 Å². The van der Waals surface area contributed by atoms with Gasteiger partial charge < -0.3 is 26.6 Å². The van der Waals surface area contributed by atoms with Crippen molar-refractivity contribution in [2.45, 2.75) is 67.2 Å². The van der Waals surface area contributed by atoms with Crippen LogP contribution >= 0.6 is 23.5 Å². The molecule has 0 fully saturated rings. The molecule has 6 nitrogen and oxygen atoms in total. The summed E-state index contributed by atoms with van der Waals surface area (Å²) in [5, 5.41) is 1.69. The van der Waals surface area contributed by atoms with Crippen LogP contribution in [0.3, 0.4) is 0 Å². The molecule has 0 aromatic rings. The zero-order valence-corrected chi connectivity index (χ0v) is 23.8. The molecule has 0 bridgehead atoms. The van der Waals surface area contributed by atoms with Gasteiger partial charge in [-0.05, 0) is 65.9 Å². The van der Waals surface area contributed by atoms with Gasteiger partial charge in [0, 0.05) is 39.6 Å². The second-order valence-electron chi connectivity index (χ2n) is 6.48. The molecule has 0 atom stereocenters. The standard InChI is InChI=1S/C20H46O6S2Si2/c1-7-21-29(22-8-2,23-9-3)19-27-17-15-13-14-16-18-28-20-30(24-10-4,25-11-5)26-12-6/h7-20H2,1-6H3. The average Bonchev–Trinajstić information content (AvgIpc) is 2.70. The molecule has 0 aliphatic heterocycles. The first-order valence-electron chi connectivity index (χ1n) is 11.6. The molecule has 0 radical (unpaired) electrons. The Morgan fingerprint density at radius 1 is 0.433 bits per heavy atom. The molecular weight excluding hydrogens is 457 g/mol. The van der Waals surface area contributed by atoms with Crippen LogP contribution in [0.1, 0.15) is 67.2 Å². The Morgan fingerprint density at radius 3 is 0.933 bits per heavy atom. The van der Waals surface area contributed by atoms with Gasteiger partial charge in [-0.15, -0.1) is 0 Å². The summed E-state index contributed by atoms with van der Waals surface area (Å²) in [6, 6.07) is 0. The Hall–Kier alpha value is 0.894. The lowest BCUT2D eigenvalue weighted by atomic mass is 10.2. The first-order chi connectivity index (χ1) is 14.6. The lowest BCUT2D eigenvalue weighted by molar-refractivity contribution is 0.0764. The van der Waals surface area contributed by atoms with E-state index >= 15 is 0 Å². The smallest absolute Gasteiger partial charge is 0.373 e. The van der Waals surface area contributed by atoms with Crippen molar-refractivity contribution in [2.24, 2.45) is 0 Å². The van der Waals surface area contributed by atoms with Gasteiger partial charge in [-0.25, -0.2) is 0 Å². The molecule has 30 heavy (non-hydrogen) atoms. The lowest BCUT2D eigenvalue weighted by Gasteiger charge is -2.28. The molecular formula is C20H46O6S2Si2. The highest BCUT2D eigenvalue weighted by atomic mass is 32.2. The molecule has 0 saturated heterocycles. The van der Waals surface area contributed by atoms with E-state index in [0.29, 0.717) is 39.6 Å². The number of hydrogen-bond donors (Lipinski definition) is 0. The van der Waals surface area contributed by atoms with Crippen LogP contribution in [0, 0.1) is 0 Å². The SMILES string of the molecule is CCO[Si](CSCCCCCCSC[Si](OCC)(OCC)OCC)(OCC)OCC. The zero-order valence-electron chi connectivity index (χ0n) is 20.2. The van der Waals surface area contributed by atoms with Crippen LogP contribution in [0.4, 0.5) is 0 Å². The number of unbranched alkanes of at least 4 members (excludes halogenated alkanes) is 3. The lowest BCUT2D eigenvalue weighted by Crippen LogP contribution is -2.49. The minimum Gasteiger partial charge on any atom is -0.373 e. The topological polar surface area (TPSA) is 55.4 Å². The van der Waals surface area contributed by atoms with Crippen molar-refractivity contribution < 1.29 is 26.6 Å². The molecule has 0 aromatic carbocycles. The Kier molecular flexibility index (Phi) is 21.1. The quantitative estimate of drug-likeness (QED) is 0.140. The maximum atomic E-state index is 5.91. The minimum absolute atomic E-state index is 0.643. The maximum absolute atomic E-state index is 5.91. The summed E-state index contributed by atoms with van der Waals surface area (Å²) < 4.78 is 35.4. The third-order valence-corrected chi connectivity index (χ3v) is 14.1. The molecule has 0 spiro atoms. The molecule has 0 rings (SSSR count). The minimum atomic E-state index is -2.49. The predicted molar refractivity (Wildman–Crippen MR) is 134 cm³/mol. The molecule has 0 N–H and O–H groups in total. The molecule has 10 heteroatoms. The molecule has 0 heterocycles. The van der Waals surface area contributed by atoms with Gasteiger partial charge in [0.05, 0.1) is 10.8 Å². The van der Waals surface area contributed by atoms with Gasteiger partial charge in [0.1, 0.15) is 0 Å². The summed E-state index contributed by atoms with van der Waals surface area (Å²) in [6.07, 6.45) is 4.95. The Morgan fingerprint density at radius 2 is 0.700 bits per heavy atom. The van der Waals surface area contributed by atoms with Crippen molar-refractivity contribution in [3.8, 4) is 0 Å². The van der Waals surface area contributed by atoms with Crippen molar-refractivity contribution in [2.75, 3.05) is 61.9 Å². The highest BCUT2D eigenvalue weighted by Gasteiger charge is 2.41. The predicted octanol–water partition coefficient (Wildman–Crippen LogP) is 5.19. The number of hydrogen-bond acceptors (Lipinski definition) is 8. The molecule has 0 aliphatic carbocycles. The average molecular weight is 503 g/mol. The fraction of sp³-hybridized carbons (Fsp3) is 1.00. The van der Waals surface area contributed by atoms with Crippen molar-refractivity contribution in [3.63, 3.8) is 0 Å². The van der Waals surface area contributed by atoms with Gasteiger partial charge in [-0.3, -0.25) is 0 Å². The summed E-state index contributed by atoms with van der Waals surface area (Å²) in [6.45, 7) is 15.9. The van der Waals surface area contributed by atoms with E-state index in [-0.39, 0.29) is 0 Å². The second kappa shape index (κ2) is 20.5. The third kappa shape index (κ3) is 14.1. The van der Waals surface area contributed by atoms with E-state index in [1.165, 1.54) is 25.7 Å². The first-order valence-corrected chi connectivity index (χ1v) is 17.7. The zero-order chi connectivity index (χ0) is 22.6. The first kappa shape index (κ1) is 30.9. The van der Waals surface area contributed by atoms with E-state index < -0.39 is 17.6 Å². The fourth-order valence-electron chi connectivity index (χ4n) is 2.98. The Balaban J connectivity index is 3.97. The highest BCUT2D eigenvalue weighted by Crippen LogP contribution is 2.20. The van der Waals surface area contributed by atoms with Crippen molar-refractivity contribution in [1.29, 1.82) is 0 Å². The summed E-state index contributed by atoms with van der Waals surface area (Å²) in [4.78, 5) is 0. The van der Waals surface area contributed by atoms with Crippen LogP contribution in [-0.4, -0.2) is 79.5 Å². The molecule has 0 amide bonds. The molecule has 0 aromatic heterocycles. The molecule has 0 saturated carbocycles. The van der Waals surface area contributed by atoms with E-state index in [2.05, 4.69) is 0 Å². The third-order valence-electron chi connectivity index (χ3n) is 4.07. The van der Waals surface area contributed by atoms with Gasteiger partial charge >= 0.3 is 17.6 Å². The van der Waals surface area contributed by atoms with Crippen molar-refractivity contribution in [3.05, 3.63) is 0 Å². The largest absolute Gasteiger partial charge is 0.511 e. The van der Waals surface area contributed by atoms with Crippen molar-refractivity contribution in [1.82, 2.24) is 0 Å². The van der Waals surface area contributed by atoms with E-state index in [1.54, 1.807) is 0 Å². The maximum Gasteiger partial charge on any atom is 0.511 e. The molecule has 182 valence electrons. The number of thioether (sulfide) groups is 2. The summed E-state index contributed by atoms with van der Waals surface area (Å²) in [5.74, 6) is 2.26. The normalized spacial score (nSPS) is 12.6. The van der Waals surface area contributed by atoms with Gasteiger partial charge in [-0.1, -0.05) is 12.8 Å².